The smallest absolute Gasteiger partial charge is 0.303 e. The first-order valence-corrected chi connectivity index (χ1v) is 9.86. The molecular formula is C21H32O5. The number of rotatable bonds is 11. The first-order valence-electron chi connectivity index (χ1n) is 9.86. The zero-order valence-electron chi connectivity index (χ0n) is 15.6. The van der Waals surface area contributed by atoms with Crippen LogP contribution in [-0.4, -0.2) is 39.3 Å². The number of aliphatic hydroxyl groups excluding tert-OH is 2. The summed E-state index contributed by atoms with van der Waals surface area (Å²) in [6.07, 6.45) is 11.5. The second-order valence-electron chi connectivity index (χ2n) is 7.77. The summed E-state index contributed by atoms with van der Waals surface area (Å²) < 4.78 is 0. The van der Waals surface area contributed by atoms with Gasteiger partial charge in [0.25, 0.3) is 0 Å². The van der Waals surface area contributed by atoms with E-state index < -0.39 is 18.2 Å². The van der Waals surface area contributed by atoms with E-state index in [1.807, 2.05) is 18.2 Å². The van der Waals surface area contributed by atoms with Gasteiger partial charge in [0.05, 0.1) is 12.2 Å². The van der Waals surface area contributed by atoms with E-state index in [9.17, 15) is 19.8 Å². The maximum Gasteiger partial charge on any atom is 0.303 e. The Kier molecular flexibility index (Phi) is 8.04. The summed E-state index contributed by atoms with van der Waals surface area (Å²) in [4.78, 5) is 22.6. The molecule has 26 heavy (non-hydrogen) atoms. The molecule has 0 bridgehead atoms. The van der Waals surface area contributed by atoms with Crippen molar-refractivity contribution in [3.8, 4) is 0 Å². The molecule has 0 heterocycles. The Bertz CT molecular complexity index is 539. The lowest BCUT2D eigenvalue weighted by Crippen LogP contribution is -2.19. The van der Waals surface area contributed by atoms with Crippen molar-refractivity contribution in [2.75, 3.05) is 0 Å². The Morgan fingerprint density at radius 3 is 2.73 bits per heavy atom. The van der Waals surface area contributed by atoms with Crippen molar-refractivity contribution in [2.45, 2.75) is 70.5 Å². The van der Waals surface area contributed by atoms with E-state index in [1.54, 1.807) is 6.08 Å². The van der Waals surface area contributed by atoms with Crippen molar-refractivity contribution in [3.05, 3.63) is 24.3 Å². The van der Waals surface area contributed by atoms with Crippen molar-refractivity contribution in [1.29, 1.82) is 0 Å². The van der Waals surface area contributed by atoms with Gasteiger partial charge in [0.1, 0.15) is 5.78 Å². The highest BCUT2D eigenvalue weighted by Crippen LogP contribution is 2.44. The van der Waals surface area contributed by atoms with Gasteiger partial charge in [-0.1, -0.05) is 37.6 Å². The molecule has 0 aromatic heterocycles. The van der Waals surface area contributed by atoms with Gasteiger partial charge in [0.2, 0.25) is 0 Å². The number of allylic oxidation sites excluding steroid dienone is 2. The predicted molar refractivity (Wildman–Crippen MR) is 99.5 cm³/mol. The van der Waals surface area contributed by atoms with E-state index >= 15 is 0 Å². The molecule has 5 nitrogen and oxygen atoms in total. The number of carbonyl (C=O) groups is 2. The van der Waals surface area contributed by atoms with Crippen molar-refractivity contribution in [1.82, 2.24) is 0 Å². The molecule has 0 amide bonds. The van der Waals surface area contributed by atoms with E-state index in [0.717, 1.165) is 18.8 Å². The summed E-state index contributed by atoms with van der Waals surface area (Å²) in [5.41, 5.74) is 0. The van der Waals surface area contributed by atoms with Crippen molar-refractivity contribution >= 4 is 11.8 Å². The Balaban J connectivity index is 1.80. The molecule has 5 heteroatoms. The summed E-state index contributed by atoms with van der Waals surface area (Å²) >= 11 is 0. The lowest BCUT2D eigenvalue weighted by Gasteiger charge is -2.16. The van der Waals surface area contributed by atoms with Crippen LogP contribution in [0, 0.1) is 23.7 Å². The minimum atomic E-state index is -0.798. The van der Waals surface area contributed by atoms with E-state index in [-0.39, 0.29) is 30.5 Å². The van der Waals surface area contributed by atoms with Crippen molar-refractivity contribution in [3.63, 3.8) is 0 Å². The number of aliphatic carboxylic acids is 1. The molecule has 2 aliphatic rings. The van der Waals surface area contributed by atoms with E-state index in [4.69, 9.17) is 5.11 Å². The molecule has 1 unspecified atom stereocenters. The molecule has 2 fully saturated rings. The van der Waals surface area contributed by atoms with Gasteiger partial charge >= 0.3 is 5.97 Å². The van der Waals surface area contributed by atoms with Crippen molar-refractivity contribution in [2.24, 2.45) is 23.7 Å². The van der Waals surface area contributed by atoms with Gasteiger partial charge in [0, 0.05) is 24.7 Å². The highest BCUT2D eigenvalue weighted by Gasteiger charge is 2.39. The SMILES string of the molecule is CC[C@H]1C[C@H]1CC(O)/C=C/[C@H]1[C@H](O)CC(=O)[C@@H]1C/C=C\CCCC(=O)O. The monoisotopic (exact) mass is 364 g/mol. The Labute approximate surface area is 155 Å². The predicted octanol–water partition coefficient (Wildman–Crippen LogP) is 3.11. The fourth-order valence-electron chi connectivity index (χ4n) is 4.00. The molecule has 2 saturated carbocycles. The number of hydrogen-bond acceptors (Lipinski definition) is 4. The van der Waals surface area contributed by atoms with Crippen LogP contribution in [0.4, 0.5) is 0 Å². The van der Waals surface area contributed by atoms with Gasteiger partial charge in [0.15, 0.2) is 0 Å². The number of aliphatic hydroxyl groups is 2. The molecule has 0 aliphatic heterocycles. The first kappa shape index (κ1) is 20.8. The lowest BCUT2D eigenvalue weighted by molar-refractivity contribution is -0.137. The second kappa shape index (κ2) is 10.0. The van der Waals surface area contributed by atoms with Gasteiger partial charge in [-0.15, -0.1) is 0 Å². The van der Waals surface area contributed by atoms with Gasteiger partial charge in [-0.25, -0.2) is 0 Å². The second-order valence-corrected chi connectivity index (χ2v) is 7.77. The molecule has 0 saturated heterocycles. The summed E-state index contributed by atoms with van der Waals surface area (Å²) in [6, 6.07) is 0. The number of carboxylic acid groups (broad SMARTS) is 1. The first-order chi connectivity index (χ1) is 12.4. The van der Waals surface area contributed by atoms with Crippen LogP contribution in [0.1, 0.15) is 58.3 Å². The van der Waals surface area contributed by atoms with Gasteiger partial charge in [-0.3, -0.25) is 9.59 Å². The number of hydrogen-bond donors (Lipinski definition) is 3. The van der Waals surface area contributed by atoms with Crippen LogP contribution in [0.3, 0.4) is 0 Å². The zero-order valence-corrected chi connectivity index (χ0v) is 15.6. The molecule has 146 valence electrons. The fraction of sp³-hybridized carbons (Fsp3) is 0.714. The lowest BCUT2D eigenvalue weighted by atomic mass is 9.90. The molecule has 0 radical (unpaired) electrons. The molecular weight excluding hydrogens is 332 g/mol. The van der Waals surface area contributed by atoms with E-state index in [1.165, 1.54) is 6.42 Å². The highest BCUT2D eigenvalue weighted by atomic mass is 16.4. The van der Waals surface area contributed by atoms with Gasteiger partial charge in [-0.05, 0) is 43.9 Å². The summed E-state index contributed by atoms with van der Waals surface area (Å²) in [5, 5.41) is 29.0. The minimum absolute atomic E-state index is 0.0602. The molecule has 3 N–H and O–H groups in total. The van der Waals surface area contributed by atoms with Crippen LogP contribution >= 0.6 is 0 Å². The summed E-state index contributed by atoms with van der Waals surface area (Å²) in [5.74, 6) is 0.114. The molecule has 0 aromatic rings. The van der Waals surface area contributed by atoms with Crippen LogP contribution in [0.5, 0.6) is 0 Å². The fourth-order valence-corrected chi connectivity index (χ4v) is 4.00. The standard InChI is InChI=1S/C21H32O5/c1-2-14-11-15(14)12-16(22)9-10-18-17(19(23)13-20(18)24)7-5-3-4-6-8-21(25)26/h3,5,9-10,14-18,20,22,24H,2,4,6-8,11-13H2,1H3,(H,25,26)/b5-3-,10-9+/t14-,15-,16?,17+,18+,20+/m0/s1. The van der Waals surface area contributed by atoms with Crippen LogP contribution in [0.25, 0.3) is 0 Å². The van der Waals surface area contributed by atoms with Gasteiger partial charge in [-0.2, -0.15) is 0 Å². The molecule has 0 aromatic carbocycles. The Morgan fingerprint density at radius 2 is 2.08 bits per heavy atom. The normalized spacial score (nSPS) is 32.6. The summed E-state index contributed by atoms with van der Waals surface area (Å²) in [6.45, 7) is 2.17. The zero-order chi connectivity index (χ0) is 19.1. The van der Waals surface area contributed by atoms with Crippen LogP contribution < -0.4 is 0 Å². The number of unbranched alkanes of at least 4 members (excludes halogenated alkanes) is 1. The maximum absolute atomic E-state index is 12.2. The third kappa shape index (κ3) is 6.36. The molecule has 0 spiro atoms. The molecule has 2 rings (SSSR count). The number of ketones is 1. The topological polar surface area (TPSA) is 94.8 Å². The third-order valence-electron chi connectivity index (χ3n) is 5.74. The van der Waals surface area contributed by atoms with Crippen LogP contribution in [0.2, 0.25) is 0 Å². The Morgan fingerprint density at radius 1 is 1.31 bits per heavy atom. The number of carboxylic acids is 1. The summed E-state index contributed by atoms with van der Waals surface area (Å²) in [7, 11) is 0. The average molecular weight is 364 g/mol. The van der Waals surface area contributed by atoms with Crippen molar-refractivity contribution < 1.29 is 24.9 Å². The third-order valence-corrected chi connectivity index (χ3v) is 5.74. The van der Waals surface area contributed by atoms with Crippen LogP contribution in [0.15, 0.2) is 24.3 Å². The molecule has 2 aliphatic carbocycles. The van der Waals surface area contributed by atoms with Gasteiger partial charge < -0.3 is 15.3 Å². The molecule has 6 atom stereocenters. The number of carbonyl (C=O) groups excluding carboxylic acids is 1. The van der Waals surface area contributed by atoms with E-state index in [2.05, 4.69) is 6.92 Å². The average Bonchev–Trinajstić information content (AvgIpc) is 3.27. The number of Topliss-reactive ketones (excluding diaryl/α,β-unsaturated/α-hetero) is 1. The minimum Gasteiger partial charge on any atom is -0.481 e. The quantitative estimate of drug-likeness (QED) is 0.387. The largest absolute Gasteiger partial charge is 0.481 e. The Hall–Kier alpha value is -1.46. The maximum atomic E-state index is 12.2. The van der Waals surface area contributed by atoms with E-state index in [0.29, 0.717) is 25.2 Å². The van der Waals surface area contributed by atoms with Crippen LogP contribution in [-0.2, 0) is 9.59 Å². The highest BCUT2D eigenvalue weighted by molar-refractivity contribution is 5.84.